The Morgan fingerprint density at radius 1 is 1.40 bits per heavy atom. The van der Waals surface area contributed by atoms with Gasteiger partial charge < -0.3 is 14.7 Å². The van der Waals surface area contributed by atoms with Gasteiger partial charge in [0.05, 0.1) is 30.6 Å². The highest BCUT2D eigenvalue weighted by atomic mass is 19.4. The molecule has 1 fully saturated rings. The summed E-state index contributed by atoms with van der Waals surface area (Å²) in [7, 11) is 0. The second kappa shape index (κ2) is 7.86. The van der Waals surface area contributed by atoms with E-state index in [0.29, 0.717) is 18.5 Å². The van der Waals surface area contributed by atoms with E-state index in [-0.39, 0.29) is 25.5 Å². The minimum Gasteiger partial charge on any atom is -0.481 e. The predicted molar refractivity (Wildman–Crippen MR) is 83.0 cm³/mol. The summed E-state index contributed by atoms with van der Waals surface area (Å²) in [6.07, 6.45) is -4.94. The van der Waals surface area contributed by atoms with Crippen molar-refractivity contribution in [3.63, 3.8) is 0 Å². The first-order valence-electron chi connectivity index (χ1n) is 8.01. The largest absolute Gasteiger partial charge is 0.481 e. The maximum Gasteiger partial charge on any atom is 0.416 e. The zero-order valence-electron chi connectivity index (χ0n) is 13.8. The number of halogens is 3. The van der Waals surface area contributed by atoms with Crippen LogP contribution in [-0.2, 0) is 20.5 Å². The Bertz CT molecular complexity index is 633. The highest BCUT2D eigenvalue weighted by molar-refractivity contribution is 5.84. The summed E-state index contributed by atoms with van der Waals surface area (Å²) in [5, 5.41) is 8.84. The second-order valence-corrected chi connectivity index (χ2v) is 5.96. The van der Waals surface area contributed by atoms with E-state index < -0.39 is 29.7 Å². The molecule has 1 amide bonds. The molecule has 25 heavy (non-hydrogen) atoms. The molecule has 0 saturated carbocycles. The van der Waals surface area contributed by atoms with Crippen LogP contribution >= 0.6 is 0 Å². The van der Waals surface area contributed by atoms with Crippen LogP contribution in [0.2, 0.25) is 0 Å². The van der Waals surface area contributed by atoms with Gasteiger partial charge in [0.15, 0.2) is 0 Å². The molecule has 5 nitrogen and oxygen atoms in total. The zero-order chi connectivity index (χ0) is 18.6. The van der Waals surface area contributed by atoms with Gasteiger partial charge in [-0.2, -0.15) is 13.2 Å². The third kappa shape index (κ3) is 4.94. The maximum atomic E-state index is 12.9. The molecule has 0 aromatic heterocycles. The number of ether oxygens (including phenoxy) is 1. The third-order valence-electron chi connectivity index (χ3n) is 4.18. The van der Waals surface area contributed by atoms with Gasteiger partial charge in [-0.1, -0.05) is 25.1 Å². The number of carboxylic acid groups (broad SMARTS) is 1. The fraction of sp³-hybridized carbons (Fsp3) is 0.529. The highest BCUT2D eigenvalue weighted by Gasteiger charge is 2.33. The molecule has 2 rings (SSSR count). The summed E-state index contributed by atoms with van der Waals surface area (Å²) in [4.78, 5) is 25.0. The summed E-state index contributed by atoms with van der Waals surface area (Å²) < 4.78 is 44.0. The number of hydrogen-bond acceptors (Lipinski definition) is 3. The normalized spacial score (nSPS) is 19.5. The van der Waals surface area contributed by atoms with Crippen LogP contribution in [0.1, 0.15) is 36.8 Å². The monoisotopic (exact) mass is 359 g/mol. The SMILES string of the molecule is CC[C@H](C(=O)N1CCO[C@@H](CC(=O)O)C1)c1cccc(C(F)(F)F)c1. The Morgan fingerprint density at radius 2 is 2.12 bits per heavy atom. The lowest BCUT2D eigenvalue weighted by atomic mass is 9.93. The first-order chi connectivity index (χ1) is 11.7. The van der Waals surface area contributed by atoms with E-state index >= 15 is 0 Å². The Labute approximate surface area is 143 Å². The fourth-order valence-corrected chi connectivity index (χ4v) is 2.94. The summed E-state index contributed by atoms with van der Waals surface area (Å²) in [5.74, 6) is -2.03. The van der Waals surface area contributed by atoms with E-state index in [1.54, 1.807) is 6.92 Å². The minimum absolute atomic E-state index is 0.126. The smallest absolute Gasteiger partial charge is 0.416 e. The van der Waals surface area contributed by atoms with Gasteiger partial charge in [0.1, 0.15) is 0 Å². The summed E-state index contributed by atoms with van der Waals surface area (Å²) in [6, 6.07) is 4.77. The first-order valence-corrected chi connectivity index (χ1v) is 8.01. The summed E-state index contributed by atoms with van der Waals surface area (Å²) in [6.45, 7) is 2.37. The van der Waals surface area contributed by atoms with Gasteiger partial charge in [-0.3, -0.25) is 9.59 Å². The maximum absolute atomic E-state index is 12.9. The number of alkyl halides is 3. The number of hydrogen-bond donors (Lipinski definition) is 1. The molecular weight excluding hydrogens is 339 g/mol. The topological polar surface area (TPSA) is 66.8 Å². The Kier molecular flexibility index (Phi) is 6.05. The summed E-state index contributed by atoms with van der Waals surface area (Å²) in [5.41, 5.74) is -0.481. The summed E-state index contributed by atoms with van der Waals surface area (Å²) >= 11 is 0. The Morgan fingerprint density at radius 3 is 2.72 bits per heavy atom. The molecule has 138 valence electrons. The quantitative estimate of drug-likeness (QED) is 0.878. The van der Waals surface area contributed by atoms with E-state index in [1.807, 2.05) is 0 Å². The van der Waals surface area contributed by atoms with Crippen LogP contribution in [0.25, 0.3) is 0 Å². The molecule has 1 aromatic rings. The van der Waals surface area contributed by atoms with Crippen LogP contribution in [-0.4, -0.2) is 47.7 Å². The van der Waals surface area contributed by atoms with Gasteiger partial charge in [-0.05, 0) is 18.1 Å². The minimum atomic E-state index is -4.47. The Hall–Kier alpha value is -2.09. The number of aliphatic carboxylic acids is 1. The van der Waals surface area contributed by atoms with Crippen LogP contribution in [0, 0.1) is 0 Å². The lowest BCUT2D eigenvalue weighted by Gasteiger charge is -2.34. The van der Waals surface area contributed by atoms with Crippen molar-refractivity contribution in [2.75, 3.05) is 19.7 Å². The van der Waals surface area contributed by atoms with E-state index in [1.165, 1.54) is 17.0 Å². The van der Waals surface area contributed by atoms with Crippen molar-refractivity contribution in [1.82, 2.24) is 4.90 Å². The number of carbonyl (C=O) groups is 2. The van der Waals surface area contributed by atoms with Crippen molar-refractivity contribution in [3.05, 3.63) is 35.4 Å². The van der Waals surface area contributed by atoms with Crippen molar-refractivity contribution in [2.45, 2.75) is 38.0 Å². The van der Waals surface area contributed by atoms with Crippen LogP contribution < -0.4 is 0 Å². The molecule has 8 heteroatoms. The lowest BCUT2D eigenvalue weighted by Crippen LogP contribution is -2.47. The molecule has 1 aromatic carbocycles. The van der Waals surface area contributed by atoms with Crippen molar-refractivity contribution in [1.29, 1.82) is 0 Å². The average molecular weight is 359 g/mol. The predicted octanol–water partition coefficient (Wildman–Crippen LogP) is 2.90. The second-order valence-electron chi connectivity index (χ2n) is 5.96. The molecule has 0 bridgehead atoms. The highest BCUT2D eigenvalue weighted by Crippen LogP contribution is 2.32. The van der Waals surface area contributed by atoms with Crippen LogP contribution in [0.5, 0.6) is 0 Å². The van der Waals surface area contributed by atoms with Crippen LogP contribution in [0.3, 0.4) is 0 Å². The van der Waals surface area contributed by atoms with Crippen molar-refractivity contribution in [3.8, 4) is 0 Å². The van der Waals surface area contributed by atoms with Gasteiger partial charge in [-0.25, -0.2) is 0 Å². The zero-order valence-corrected chi connectivity index (χ0v) is 13.8. The number of rotatable bonds is 5. The fourth-order valence-electron chi connectivity index (χ4n) is 2.94. The number of nitrogens with zero attached hydrogens (tertiary/aromatic N) is 1. The molecular formula is C17H20F3NO4. The standard InChI is InChI=1S/C17H20F3NO4/c1-2-14(11-4-3-5-12(8-11)17(18,19)20)16(24)21-6-7-25-13(10-21)9-15(22)23/h3-5,8,13-14H,2,6-7,9-10H2,1H3,(H,22,23)/t13-,14-/m0/s1. The van der Waals surface area contributed by atoms with E-state index in [4.69, 9.17) is 9.84 Å². The van der Waals surface area contributed by atoms with Gasteiger partial charge in [0.25, 0.3) is 0 Å². The van der Waals surface area contributed by atoms with Crippen LogP contribution in [0.4, 0.5) is 13.2 Å². The molecule has 1 heterocycles. The van der Waals surface area contributed by atoms with Crippen LogP contribution in [0.15, 0.2) is 24.3 Å². The van der Waals surface area contributed by atoms with Gasteiger partial charge in [-0.15, -0.1) is 0 Å². The molecule has 1 N–H and O–H groups in total. The number of amides is 1. The number of benzene rings is 1. The first kappa shape index (κ1) is 19.2. The Balaban J connectivity index is 2.17. The molecule has 1 aliphatic heterocycles. The average Bonchev–Trinajstić information content (AvgIpc) is 2.54. The van der Waals surface area contributed by atoms with Gasteiger partial charge >= 0.3 is 12.1 Å². The molecule has 1 aliphatic rings. The lowest BCUT2D eigenvalue weighted by molar-refractivity contribution is -0.148. The number of morpholine rings is 1. The number of carbonyl (C=O) groups excluding carboxylic acids is 1. The molecule has 0 spiro atoms. The molecule has 0 unspecified atom stereocenters. The van der Waals surface area contributed by atoms with Gasteiger partial charge in [0.2, 0.25) is 5.91 Å². The van der Waals surface area contributed by atoms with E-state index in [9.17, 15) is 22.8 Å². The molecule has 1 saturated heterocycles. The molecule has 0 aliphatic carbocycles. The van der Waals surface area contributed by atoms with Crippen molar-refractivity contribution < 1.29 is 32.6 Å². The van der Waals surface area contributed by atoms with Gasteiger partial charge in [0, 0.05) is 13.1 Å². The van der Waals surface area contributed by atoms with E-state index in [0.717, 1.165) is 12.1 Å². The van der Waals surface area contributed by atoms with Crippen molar-refractivity contribution in [2.24, 2.45) is 0 Å². The molecule has 2 atom stereocenters. The van der Waals surface area contributed by atoms with E-state index in [2.05, 4.69) is 0 Å². The molecule has 0 radical (unpaired) electrons. The van der Waals surface area contributed by atoms with Crippen molar-refractivity contribution >= 4 is 11.9 Å². The number of carboxylic acids is 1. The third-order valence-corrected chi connectivity index (χ3v) is 4.18.